The van der Waals surface area contributed by atoms with E-state index in [0.29, 0.717) is 18.3 Å². The van der Waals surface area contributed by atoms with E-state index in [2.05, 4.69) is 25.2 Å². The summed E-state index contributed by atoms with van der Waals surface area (Å²) >= 11 is 1.37. The zero-order valence-corrected chi connectivity index (χ0v) is 15.4. The highest BCUT2D eigenvalue weighted by Gasteiger charge is 2.23. The number of carbonyl (C=O) groups is 1. The fourth-order valence-corrected chi connectivity index (χ4v) is 3.45. The topological polar surface area (TPSA) is 92.4 Å². The molecule has 1 aromatic heterocycles. The van der Waals surface area contributed by atoms with Gasteiger partial charge in [-0.1, -0.05) is 42.5 Å². The normalized spacial score (nSPS) is 13.9. The molecule has 27 heavy (non-hydrogen) atoms. The Kier molecular flexibility index (Phi) is 4.88. The van der Waals surface area contributed by atoms with E-state index < -0.39 is 0 Å². The lowest BCUT2D eigenvalue weighted by Gasteiger charge is -2.18. The summed E-state index contributed by atoms with van der Waals surface area (Å²) in [6, 6.07) is 17.4. The Hall–Kier alpha value is -3.13. The van der Waals surface area contributed by atoms with Gasteiger partial charge >= 0.3 is 0 Å². The number of nitrogens with one attached hydrogen (secondary N) is 2. The number of benzene rings is 2. The van der Waals surface area contributed by atoms with Gasteiger partial charge < -0.3 is 14.5 Å². The number of aryl methyl sites for hydroxylation is 1. The molecular weight excluding hydrogens is 362 g/mol. The predicted molar refractivity (Wildman–Crippen MR) is 103 cm³/mol. The zero-order valence-electron chi connectivity index (χ0n) is 14.5. The summed E-state index contributed by atoms with van der Waals surface area (Å²) < 4.78 is 8.59. The molecule has 2 heterocycles. The van der Waals surface area contributed by atoms with Crippen LogP contribution in [0.1, 0.15) is 23.3 Å². The maximum atomic E-state index is 12.6. The minimum absolute atomic E-state index is 0.236. The molecule has 3 aromatic rings. The Labute approximate surface area is 160 Å². The average molecular weight is 379 g/mol. The molecule has 0 saturated carbocycles. The zero-order chi connectivity index (χ0) is 18.6. The van der Waals surface area contributed by atoms with Crippen LogP contribution >= 0.6 is 11.9 Å². The molecule has 0 aliphatic carbocycles. The van der Waals surface area contributed by atoms with E-state index in [-0.39, 0.29) is 17.7 Å². The Morgan fingerprint density at radius 3 is 2.70 bits per heavy atom. The van der Waals surface area contributed by atoms with Crippen molar-refractivity contribution in [2.45, 2.75) is 17.7 Å². The number of hydrogen-bond donors (Lipinski definition) is 2. The van der Waals surface area contributed by atoms with Gasteiger partial charge in [0.05, 0.1) is 16.5 Å². The maximum Gasteiger partial charge on any atom is 0.287 e. The smallest absolute Gasteiger partial charge is 0.287 e. The highest BCUT2D eigenvalue weighted by Crippen LogP contribution is 2.30. The third-order valence-corrected chi connectivity index (χ3v) is 4.94. The van der Waals surface area contributed by atoms with Gasteiger partial charge in [-0.2, -0.15) is 0 Å². The summed E-state index contributed by atoms with van der Waals surface area (Å²) in [6.45, 7) is 2.06. The van der Waals surface area contributed by atoms with Crippen molar-refractivity contribution in [1.29, 1.82) is 0 Å². The van der Waals surface area contributed by atoms with Crippen molar-refractivity contribution >= 4 is 29.4 Å². The molecule has 0 spiro atoms. The number of rotatable bonds is 5. The van der Waals surface area contributed by atoms with Gasteiger partial charge in [-0.25, -0.2) is 4.99 Å². The van der Waals surface area contributed by atoms with Gasteiger partial charge in [0, 0.05) is 13.5 Å². The number of amidine groups is 1. The van der Waals surface area contributed by atoms with Gasteiger partial charge in [-0.05, 0) is 29.6 Å². The van der Waals surface area contributed by atoms with Crippen molar-refractivity contribution in [2.24, 2.45) is 4.99 Å². The van der Waals surface area contributed by atoms with Crippen molar-refractivity contribution in [3.8, 4) is 0 Å². The second kappa shape index (κ2) is 7.63. The third kappa shape index (κ3) is 3.85. The molecule has 0 fully saturated rings. The number of amides is 1. The first-order valence-corrected chi connectivity index (χ1v) is 9.26. The molecule has 1 unspecified atom stereocenters. The number of aliphatic imine (C=N–C) groups is 1. The lowest BCUT2D eigenvalue weighted by molar-refractivity contribution is -0.115. The first-order valence-electron chi connectivity index (χ1n) is 8.44. The SMILES string of the molecule is Cc1nnc(C(CNC(=O)C2=Nc3ccccc3SN2)c2ccccc2)o1. The Morgan fingerprint density at radius 2 is 1.93 bits per heavy atom. The van der Waals surface area contributed by atoms with E-state index in [1.165, 1.54) is 11.9 Å². The maximum absolute atomic E-state index is 12.6. The van der Waals surface area contributed by atoms with Crippen molar-refractivity contribution < 1.29 is 9.21 Å². The molecule has 1 aliphatic heterocycles. The Morgan fingerprint density at radius 1 is 1.15 bits per heavy atom. The molecule has 1 atom stereocenters. The first-order chi connectivity index (χ1) is 13.2. The molecule has 4 rings (SSSR count). The summed E-state index contributed by atoms with van der Waals surface area (Å²) in [6.07, 6.45) is 0. The van der Waals surface area contributed by atoms with Crippen LogP contribution in [0.4, 0.5) is 5.69 Å². The Bertz CT molecular complexity index is 987. The van der Waals surface area contributed by atoms with Crippen molar-refractivity contribution in [3.05, 3.63) is 71.9 Å². The lowest BCUT2D eigenvalue weighted by atomic mass is 9.99. The lowest BCUT2D eigenvalue weighted by Crippen LogP contribution is -2.40. The first kappa shape index (κ1) is 17.3. The molecule has 0 saturated heterocycles. The minimum Gasteiger partial charge on any atom is -0.425 e. The molecule has 0 bridgehead atoms. The van der Waals surface area contributed by atoms with Crippen LogP contribution in [-0.4, -0.2) is 28.5 Å². The van der Waals surface area contributed by atoms with Gasteiger partial charge in [-0.15, -0.1) is 10.2 Å². The molecule has 0 radical (unpaired) electrons. The summed E-state index contributed by atoms with van der Waals surface area (Å²) in [4.78, 5) is 18.0. The van der Waals surface area contributed by atoms with E-state index in [4.69, 9.17) is 4.42 Å². The van der Waals surface area contributed by atoms with Gasteiger partial charge in [0.15, 0.2) is 0 Å². The molecule has 2 aromatic carbocycles. The highest BCUT2D eigenvalue weighted by molar-refractivity contribution is 7.98. The third-order valence-electron chi connectivity index (χ3n) is 4.08. The molecule has 1 amide bonds. The van der Waals surface area contributed by atoms with Gasteiger partial charge in [-0.3, -0.25) is 4.79 Å². The van der Waals surface area contributed by atoms with Crippen LogP contribution in [0.2, 0.25) is 0 Å². The van der Waals surface area contributed by atoms with Crippen LogP contribution in [0.15, 0.2) is 68.9 Å². The standard InChI is InChI=1S/C19H17N5O2S/c1-12-22-23-19(26-12)14(13-7-3-2-4-8-13)11-20-18(25)17-21-15-9-5-6-10-16(15)27-24-17/h2-10,14H,11H2,1H3,(H,20,25)(H,21,24). The largest absolute Gasteiger partial charge is 0.425 e. The summed E-state index contributed by atoms with van der Waals surface area (Å²) in [5.74, 6) is 0.711. The molecule has 136 valence electrons. The van der Waals surface area contributed by atoms with E-state index in [0.717, 1.165) is 16.1 Å². The minimum atomic E-state index is -0.283. The monoisotopic (exact) mass is 379 g/mol. The van der Waals surface area contributed by atoms with Crippen LogP contribution in [-0.2, 0) is 4.79 Å². The fraction of sp³-hybridized carbons (Fsp3) is 0.158. The van der Waals surface area contributed by atoms with Gasteiger partial charge in [0.2, 0.25) is 17.6 Å². The van der Waals surface area contributed by atoms with Gasteiger partial charge in [0.25, 0.3) is 5.91 Å². The predicted octanol–water partition coefficient (Wildman–Crippen LogP) is 2.97. The molecule has 1 aliphatic rings. The van der Waals surface area contributed by atoms with Crippen LogP contribution in [0.5, 0.6) is 0 Å². The van der Waals surface area contributed by atoms with Crippen LogP contribution in [0, 0.1) is 6.92 Å². The van der Waals surface area contributed by atoms with Crippen molar-refractivity contribution in [2.75, 3.05) is 6.54 Å². The van der Waals surface area contributed by atoms with E-state index in [1.54, 1.807) is 6.92 Å². The van der Waals surface area contributed by atoms with E-state index in [1.807, 2.05) is 54.6 Å². The molecule has 8 heteroatoms. The fourth-order valence-electron chi connectivity index (χ4n) is 2.74. The number of carbonyl (C=O) groups excluding carboxylic acids is 1. The number of hydrogen-bond acceptors (Lipinski definition) is 7. The van der Waals surface area contributed by atoms with E-state index in [9.17, 15) is 4.79 Å². The summed E-state index contributed by atoms with van der Waals surface area (Å²) in [7, 11) is 0. The van der Waals surface area contributed by atoms with Crippen molar-refractivity contribution in [1.82, 2.24) is 20.2 Å². The number of aromatic nitrogens is 2. The number of para-hydroxylation sites is 1. The highest BCUT2D eigenvalue weighted by atomic mass is 32.2. The molecule has 7 nitrogen and oxygen atoms in total. The summed E-state index contributed by atoms with van der Waals surface area (Å²) in [5, 5.41) is 10.9. The molecule has 2 N–H and O–H groups in total. The average Bonchev–Trinajstić information content (AvgIpc) is 3.14. The summed E-state index contributed by atoms with van der Waals surface area (Å²) in [5.41, 5.74) is 1.76. The second-order valence-electron chi connectivity index (χ2n) is 5.96. The van der Waals surface area contributed by atoms with Crippen LogP contribution < -0.4 is 10.0 Å². The van der Waals surface area contributed by atoms with E-state index >= 15 is 0 Å². The van der Waals surface area contributed by atoms with Gasteiger partial charge in [0.1, 0.15) is 0 Å². The molecular formula is C19H17N5O2S. The van der Waals surface area contributed by atoms with Crippen LogP contribution in [0.3, 0.4) is 0 Å². The van der Waals surface area contributed by atoms with Crippen molar-refractivity contribution in [3.63, 3.8) is 0 Å². The number of fused-ring (bicyclic) bond motifs is 1. The second-order valence-corrected chi connectivity index (χ2v) is 6.81. The number of nitrogens with zero attached hydrogens (tertiary/aromatic N) is 3. The van der Waals surface area contributed by atoms with Crippen LogP contribution in [0.25, 0.3) is 0 Å². The Balaban J connectivity index is 1.51. The quantitative estimate of drug-likeness (QED) is 0.662.